The molecule has 0 spiro atoms. The van der Waals surface area contributed by atoms with Crippen molar-refractivity contribution in [3.05, 3.63) is 12.2 Å². The lowest BCUT2D eigenvalue weighted by molar-refractivity contribution is -0.161. The molecule has 0 aliphatic rings. The summed E-state index contributed by atoms with van der Waals surface area (Å²) in [4.78, 5) is 32.0. The van der Waals surface area contributed by atoms with Crippen molar-refractivity contribution in [2.45, 2.75) is 25.9 Å². The third-order valence-electron chi connectivity index (χ3n) is 1.58. The minimum absolute atomic E-state index is 0.124. The summed E-state index contributed by atoms with van der Waals surface area (Å²) in [6.07, 6.45) is 0.765. The summed E-state index contributed by atoms with van der Waals surface area (Å²) in [7, 11) is 0. The van der Waals surface area contributed by atoms with Crippen LogP contribution in [0.15, 0.2) is 12.2 Å². The van der Waals surface area contributed by atoms with Crippen LogP contribution in [0.25, 0.3) is 0 Å². The van der Waals surface area contributed by atoms with E-state index in [1.165, 1.54) is 6.92 Å². The van der Waals surface area contributed by atoms with Gasteiger partial charge in [-0.25, -0.2) is 4.79 Å². The van der Waals surface area contributed by atoms with E-state index in [2.05, 4.69) is 11.3 Å². The zero-order chi connectivity index (χ0) is 10.5. The van der Waals surface area contributed by atoms with Gasteiger partial charge in [0.15, 0.2) is 12.6 Å². The Balaban J connectivity index is 4.60. The summed E-state index contributed by atoms with van der Waals surface area (Å²) in [5, 5.41) is 0. The Morgan fingerprint density at radius 2 is 1.92 bits per heavy atom. The highest BCUT2D eigenvalue weighted by Crippen LogP contribution is 2.11. The molecule has 0 aromatic rings. The van der Waals surface area contributed by atoms with E-state index in [9.17, 15) is 14.4 Å². The van der Waals surface area contributed by atoms with Gasteiger partial charge < -0.3 is 4.74 Å². The van der Waals surface area contributed by atoms with Crippen LogP contribution in [0.2, 0.25) is 0 Å². The summed E-state index contributed by atoms with van der Waals surface area (Å²) in [5.41, 5.74) is -1.49. The average Bonchev–Trinajstić information content (AvgIpc) is 2.14. The average molecular weight is 184 g/mol. The molecule has 4 nitrogen and oxygen atoms in total. The van der Waals surface area contributed by atoms with E-state index in [1.807, 2.05) is 0 Å². The summed E-state index contributed by atoms with van der Waals surface area (Å²) < 4.78 is 4.67. The van der Waals surface area contributed by atoms with Gasteiger partial charge in [0.1, 0.15) is 0 Å². The first-order valence-corrected chi connectivity index (χ1v) is 3.83. The highest BCUT2D eigenvalue weighted by Gasteiger charge is 2.31. The minimum atomic E-state index is -1.64. The summed E-state index contributed by atoms with van der Waals surface area (Å²) >= 11 is 0. The molecule has 0 saturated carbocycles. The van der Waals surface area contributed by atoms with Crippen molar-refractivity contribution in [1.82, 2.24) is 0 Å². The third-order valence-corrected chi connectivity index (χ3v) is 1.58. The molecule has 0 aromatic heterocycles. The lowest BCUT2D eigenvalue weighted by Crippen LogP contribution is -2.38. The molecule has 0 rings (SSSR count). The Labute approximate surface area is 76.6 Å². The van der Waals surface area contributed by atoms with Crippen LogP contribution >= 0.6 is 0 Å². The van der Waals surface area contributed by atoms with Gasteiger partial charge in [-0.05, 0) is 13.3 Å². The maximum absolute atomic E-state index is 11.0. The van der Waals surface area contributed by atoms with E-state index >= 15 is 0 Å². The number of carbonyl (C=O) groups is 3. The Bertz CT molecular complexity index is 234. The van der Waals surface area contributed by atoms with Gasteiger partial charge in [0.05, 0.1) is 0 Å². The van der Waals surface area contributed by atoms with E-state index in [0.717, 1.165) is 0 Å². The SMILES string of the molecule is C=C(C)C(=O)OC(C=O)(C=O)CC. The molecule has 0 N–H and O–H groups in total. The van der Waals surface area contributed by atoms with E-state index in [0.29, 0.717) is 12.6 Å². The van der Waals surface area contributed by atoms with E-state index in [1.54, 1.807) is 6.92 Å². The largest absolute Gasteiger partial charge is 0.440 e. The molecule has 13 heavy (non-hydrogen) atoms. The quantitative estimate of drug-likeness (QED) is 0.272. The zero-order valence-electron chi connectivity index (χ0n) is 7.70. The minimum Gasteiger partial charge on any atom is -0.440 e. The number of hydrogen-bond donors (Lipinski definition) is 0. The Morgan fingerprint density at radius 1 is 1.46 bits per heavy atom. The van der Waals surface area contributed by atoms with Gasteiger partial charge >= 0.3 is 5.97 Å². The standard InChI is InChI=1S/C9H12O4/c1-4-9(5-10,6-11)13-8(12)7(2)3/h5-6H,2,4H2,1,3H3. The smallest absolute Gasteiger partial charge is 0.334 e. The van der Waals surface area contributed by atoms with Crippen LogP contribution in [-0.2, 0) is 19.1 Å². The van der Waals surface area contributed by atoms with Gasteiger partial charge in [-0.1, -0.05) is 13.5 Å². The van der Waals surface area contributed by atoms with Crippen molar-refractivity contribution in [2.75, 3.05) is 0 Å². The molecule has 0 radical (unpaired) electrons. The normalized spacial score (nSPS) is 10.3. The second-order valence-electron chi connectivity index (χ2n) is 2.71. The molecular formula is C9H12O4. The fraction of sp³-hybridized carbons (Fsp3) is 0.444. The highest BCUT2D eigenvalue weighted by molar-refractivity contribution is 5.95. The summed E-state index contributed by atoms with van der Waals surface area (Å²) in [6, 6.07) is 0. The molecule has 0 saturated heterocycles. The first-order valence-electron chi connectivity index (χ1n) is 3.83. The lowest BCUT2D eigenvalue weighted by Gasteiger charge is -2.19. The number of aldehydes is 2. The van der Waals surface area contributed by atoms with Gasteiger partial charge in [-0.15, -0.1) is 0 Å². The zero-order valence-corrected chi connectivity index (χ0v) is 7.70. The van der Waals surface area contributed by atoms with Crippen LogP contribution < -0.4 is 0 Å². The molecule has 0 bridgehead atoms. The van der Waals surface area contributed by atoms with Crippen LogP contribution in [0.4, 0.5) is 0 Å². The number of hydrogen-bond acceptors (Lipinski definition) is 4. The molecular weight excluding hydrogens is 172 g/mol. The van der Waals surface area contributed by atoms with Crippen molar-refractivity contribution in [1.29, 1.82) is 0 Å². The van der Waals surface area contributed by atoms with Crippen molar-refractivity contribution in [3.8, 4) is 0 Å². The van der Waals surface area contributed by atoms with Gasteiger partial charge in [0.25, 0.3) is 0 Å². The van der Waals surface area contributed by atoms with Gasteiger partial charge in [0, 0.05) is 5.57 Å². The van der Waals surface area contributed by atoms with Crippen molar-refractivity contribution >= 4 is 18.5 Å². The molecule has 0 atom stereocenters. The molecule has 0 amide bonds. The number of ether oxygens (including phenoxy) is 1. The topological polar surface area (TPSA) is 60.4 Å². The van der Waals surface area contributed by atoms with Crippen molar-refractivity contribution in [2.24, 2.45) is 0 Å². The highest BCUT2D eigenvalue weighted by atomic mass is 16.6. The second kappa shape index (κ2) is 4.54. The molecule has 0 unspecified atom stereocenters. The summed E-state index contributed by atoms with van der Waals surface area (Å²) in [6.45, 7) is 6.36. The monoisotopic (exact) mass is 184 g/mol. The van der Waals surface area contributed by atoms with E-state index in [-0.39, 0.29) is 12.0 Å². The first-order chi connectivity index (χ1) is 6.01. The summed E-state index contributed by atoms with van der Waals surface area (Å²) in [5.74, 6) is -0.735. The molecule has 0 fully saturated rings. The predicted octanol–water partition coefficient (Wildman–Crippen LogP) is 0.652. The Morgan fingerprint density at radius 3 is 2.15 bits per heavy atom. The third kappa shape index (κ3) is 2.82. The van der Waals surface area contributed by atoms with Crippen LogP contribution in [0, 0.1) is 0 Å². The van der Waals surface area contributed by atoms with Gasteiger partial charge in [-0.2, -0.15) is 0 Å². The molecule has 0 aliphatic carbocycles. The molecule has 0 aromatic carbocycles. The number of esters is 1. The second-order valence-corrected chi connectivity index (χ2v) is 2.71. The van der Waals surface area contributed by atoms with Crippen LogP contribution in [0.5, 0.6) is 0 Å². The molecule has 4 heteroatoms. The van der Waals surface area contributed by atoms with Crippen LogP contribution in [-0.4, -0.2) is 24.1 Å². The van der Waals surface area contributed by atoms with Crippen molar-refractivity contribution in [3.63, 3.8) is 0 Å². The van der Waals surface area contributed by atoms with Gasteiger partial charge in [0.2, 0.25) is 5.60 Å². The fourth-order valence-electron chi connectivity index (χ4n) is 0.574. The Hall–Kier alpha value is -1.45. The lowest BCUT2D eigenvalue weighted by atomic mass is 10.1. The first kappa shape index (κ1) is 11.6. The van der Waals surface area contributed by atoms with Crippen LogP contribution in [0.3, 0.4) is 0 Å². The maximum Gasteiger partial charge on any atom is 0.334 e. The maximum atomic E-state index is 11.0. The van der Waals surface area contributed by atoms with Crippen LogP contribution in [0.1, 0.15) is 20.3 Å². The molecule has 0 aliphatic heterocycles. The van der Waals surface area contributed by atoms with E-state index in [4.69, 9.17) is 0 Å². The van der Waals surface area contributed by atoms with Crippen molar-refractivity contribution < 1.29 is 19.1 Å². The Kier molecular flexibility index (Phi) is 4.04. The molecule has 72 valence electrons. The predicted molar refractivity (Wildman–Crippen MR) is 46.1 cm³/mol. The fourth-order valence-corrected chi connectivity index (χ4v) is 0.574. The molecule has 0 heterocycles. The number of carbonyl (C=O) groups excluding carboxylic acids is 3. The number of rotatable bonds is 5. The van der Waals surface area contributed by atoms with E-state index < -0.39 is 11.6 Å². The van der Waals surface area contributed by atoms with Gasteiger partial charge in [-0.3, -0.25) is 9.59 Å².